The van der Waals surface area contributed by atoms with E-state index in [1.807, 2.05) is 0 Å². The van der Waals surface area contributed by atoms with E-state index in [0.29, 0.717) is 6.04 Å². The topological polar surface area (TPSA) is 12.0 Å². The van der Waals surface area contributed by atoms with E-state index >= 15 is 0 Å². The van der Waals surface area contributed by atoms with Gasteiger partial charge in [-0.15, -0.1) is 0 Å². The SMILES string of the molecule is CCNC(Cc1ccccc1C)C1CC1C. The van der Waals surface area contributed by atoms with Gasteiger partial charge in [-0.25, -0.2) is 0 Å². The van der Waals surface area contributed by atoms with Crippen LogP contribution >= 0.6 is 0 Å². The summed E-state index contributed by atoms with van der Waals surface area (Å²) in [7, 11) is 0. The Kier molecular flexibility index (Phi) is 3.65. The maximum absolute atomic E-state index is 3.65. The van der Waals surface area contributed by atoms with Crippen LogP contribution in [0.15, 0.2) is 24.3 Å². The molecule has 0 amide bonds. The van der Waals surface area contributed by atoms with Crippen LogP contribution in [-0.2, 0) is 6.42 Å². The highest BCUT2D eigenvalue weighted by Gasteiger charge is 2.38. The molecule has 0 saturated heterocycles. The summed E-state index contributed by atoms with van der Waals surface area (Å²) >= 11 is 0. The molecule has 3 unspecified atom stereocenters. The average Bonchev–Trinajstić information content (AvgIpc) is 2.98. The lowest BCUT2D eigenvalue weighted by molar-refractivity contribution is 0.454. The molecule has 0 heterocycles. The lowest BCUT2D eigenvalue weighted by atomic mass is 9.97. The number of aryl methyl sites for hydroxylation is 1. The second kappa shape index (κ2) is 5.01. The molecule has 1 fully saturated rings. The van der Waals surface area contributed by atoms with Gasteiger partial charge < -0.3 is 5.32 Å². The lowest BCUT2D eigenvalue weighted by Gasteiger charge is -2.19. The highest BCUT2D eigenvalue weighted by molar-refractivity contribution is 5.26. The summed E-state index contributed by atoms with van der Waals surface area (Å²) in [5.74, 6) is 1.83. The van der Waals surface area contributed by atoms with E-state index in [0.717, 1.165) is 18.4 Å². The maximum atomic E-state index is 3.65. The van der Waals surface area contributed by atoms with Crippen LogP contribution in [0.25, 0.3) is 0 Å². The minimum Gasteiger partial charge on any atom is -0.314 e. The molecule has 1 heteroatoms. The molecule has 2 rings (SSSR count). The standard InChI is InChI=1S/C15H23N/c1-4-16-15(14-9-12(14)3)10-13-8-6-5-7-11(13)2/h5-8,12,14-16H,4,9-10H2,1-3H3. The van der Waals surface area contributed by atoms with E-state index in [1.54, 1.807) is 0 Å². The fourth-order valence-electron chi connectivity index (χ4n) is 2.62. The van der Waals surface area contributed by atoms with Crippen LogP contribution in [0.5, 0.6) is 0 Å². The molecule has 88 valence electrons. The molecule has 1 aromatic carbocycles. The van der Waals surface area contributed by atoms with Crippen molar-refractivity contribution in [3.05, 3.63) is 35.4 Å². The zero-order valence-electron chi connectivity index (χ0n) is 10.7. The Hall–Kier alpha value is -0.820. The zero-order chi connectivity index (χ0) is 11.5. The van der Waals surface area contributed by atoms with Crippen molar-refractivity contribution in [3.63, 3.8) is 0 Å². The van der Waals surface area contributed by atoms with Gasteiger partial charge in [-0.05, 0) is 49.3 Å². The molecule has 0 radical (unpaired) electrons. The minimum absolute atomic E-state index is 0.682. The Morgan fingerprint density at radius 1 is 1.38 bits per heavy atom. The number of benzene rings is 1. The van der Waals surface area contributed by atoms with Gasteiger partial charge in [0.1, 0.15) is 0 Å². The van der Waals surface area contributed by atoms with Gasteiger partial charge >= 0.3 is 0 Å². The predicted octanol–water partition coefficient (Wildman–Crippen LogP) is 3.17. The van der Waals surface area contributed by atoms with Crippen LogP contribution in [0.1, 0.15) is 31.4 Å². The molecule has 1 aromatic rings. The zero-order valence-corrected chi connectivity index (χ0v) is 10.7. The van der Waals surface area contributed by atoms with E-state index < -0.39 is 0 Å². The molecule has 0 aliphatic heterocycles. The smallest absolute Gasteiger partial charge is 0.0138 e. The predicted molar refractivity (Wildman–Crippen MR) is 69.6 cm³/mol. The molecule has 3 atom stereocenters. The quantitative estimate of drug-likeness (QED) is 0.799. The number of hydrogen-bond donors (Lipinski definition) is 1. The van der Waals surface area contributed by atoms with E-state index in [2.05, 4.69) is 50.4 Å². The van der Waals surface area contributed by atoms with Gasteiger partial charge in [0.25, 0.3) is 0 Å². The molecule has 1 aliphatic carbocycles. The Morgan fingerprint density at radius 3 is 2.62 bits per heavy atom. The van der Waals surface area contributed by atoms with Crippen LogP contribution < -0.4 is 5.32 Å². The monoisotopic (exact) mass is 217 g/mol. The highest BCUT2D eigenvalue weighted by atomic mass is 14.9. The van der Waals surface area contributed by atoms with Crippen molar-refractivity contribution in [1.82, 2.24) is 5.32 Å². The Morgan fingerprint density at radius 2 is 2.06 bits per heavy atom. The van der Waals surface area contributed by atoms with E-state index in [-0.39, 0.29) is 0 Å². The first-order valence-electron chi connectivity index (χ1n) is 6.50. The first kappa shape index (κ1) is 11.7. The van der Waals surface area contributed by atoms with Crippen molar-refractivity contribution in [2.24, 2.45) is 11.8 Å². The van der Waals surface area contributed by atoms with Crippen molar-refractivity contribution < 1.29 is 0 Å². The normalized spacial score (nSPS) is 25.4. The minimum atomic E-state index is 0.682. The summed E-state index contributed by atoms with van der Waals surface area (Å²) in [4.78, 5) is 0. The van der Waals surface area contributed by atoms with E-state index in [1.165, 1.54) is 24.0 Å². The number of hydrogen-bond acceptors (Lipinski definition) is 1. The van der Waals surface area contributed by atoms with Gasteiger partial charge in [0.2, 0.25) is 0 Å². The largest absolute Gasteiger partial charge is 0.314 e. The summed E-state index contributed by atoms with van der Waals surface area (Å²) in [6.45, 7) is 7.87. The van der Waals surface area contributed by atoms with Gasteiger partial charge in [-0.3, -0.25) is 0 Å². The molecule has 0 spiro atoms. The van der Waals surface area contributed by atoms with Crippen LogP contribution in [0.2, 0.25) is 0 Å². The summed E-state index contributed by atoms with van der Waals surface area (Å²) < 4.78 is 0. The molecule has 1 N–H and O–H groups in total. The van der Waals surface area contributed by atoms with E-state index in [9.17, 15) is 0 Å². The van der Waals surface area contributed by atoms with E-state index in [4.69, 9.17) is 0 Å². The molecular formula is C15H23N. The van der Waals surface area contributed by atoms with Gasteiger partial charge in [0.05, 0.1) is 0 Å². The lowest BCUT2D eigenvalue weighted by Crippen LogP contribution is -2.33. The second-order valence-electron chi connectivity index (χ2n) is 5.17. The van der Waals surface area contributed by atoms with Gasteiger partial charge in [-0.1, -0.05) is 38.1 Å². The number of rotatable bonds is 5. The van der Waals surface area contributed by atoms with Crippen LogP contribution in [0.4, 0.5) is 0 Å². The third kappa shape index (κ3) is 2.65. The maximum Gasteiger partial charge on any atom is 0.0138 e. The molecule has 1 nitrogen and oxygen atoms in total. The van der Waals surface area contributed by atoms with Gasteiger partial charge in [0.15, 0.2) is 0 Å². The second-order valence-corrected chi connectivity index (χ2v) is 5.17. The Balaban J connectivity index is 2.03. The van der Waals surface area contributed by atoms with Crippen molar-refractivity contribution in [2.75, 3.05) is 6.54 Å². The fourth-order valence-corrected chi connectivity index (χ4v) is 2.62. The van der Waals surface area contributed by atoms with Crippen molar-refractivity contribution in [2.45, 2.75) is 39.7 Å². The van der Waals surface area contributed by atoms with Crippen molar-refractivity contribution >= 4 is 0 Å². The Labute approximate surface area is 99.3 Å². The van der Waals surface area contributed by atoms with Gasteiger partial charge in [-0.2, -0.15) is 0 Å². The molecule has 0 bridgehead atoms. The summed E-state index contributed by atoms with van der Waals surface area (Å²) in [6, 6.07) is 9.45. The molecule has 0 aromatic heterocycles. The third-order valence-electron chi connectivity index (χ3n) is 3.86. The molecule has 1 saturated carbocycles. The van der Waals surface area contributed by atoms with Crippen molar-refractivity contribution in [3.8, 4) is 0 Å². The number of likely N-dealkylation sites (N-methyl/N-ethyl adjacent to an activating group) is 1. The number of nitrogens with one attached hydrogen (secondary N) is 1. The first-order valence-corrected chi connectivity index (χ1v) is 6.50. The van der Waals surface area contributed by atoms with Crippen LogP contribution in [-0.4, -0.2) is 12.6 Å². The summed E-state index contributed by atoms with van der Waals surface area (Å²) in [6.07, 6.45) is 2.60. The van der Waals surface area contributed by atoms with Gasteiger partial charge in [0, 0.05) is 6.04 Å². The summed E-state index contributed by atoms with van der Waals surface area (Å²) in [5, 5.41) is 3.65. The van der Waals surface area contributed by atoms with Crippen LogP contribution in [0.3, 0.4) is 0 Å². The fraction of sp³-hybridized carbons (Fsp3) is 0.600. The third-order valence-corrected chi connectivity index (χ3v) is 3.86. The molecular weight excluding hydrogens is 194 g/mol. The highest BCUT2D eigenvalue weighted by Crippen LogP contribution is 2.41. The van der Waals surface area contributed by atoms with Crippen molar-refractivity contribution in [1.29, 1.82) is 0 Å². The molecule has 16 heavy (non-hydrogen) atoms. The van der Waals surface area contributed by atoms with Crippen LogP contribution in [0, 0.1) is 18.8 Å². The summed E-state index contributed by atoms with van der Waals surface area (Å²) in [5.41, 5.74) is 2.94. The average molecular weight is 217 g/mol. The Bertz CT molecular complexity index is 345. The molecule has 1 aliphatic rings. The first-order chi connectivity index (χ1) is 7.72.